The average Bonchev–Trinajstić information content (AvgIpc) is 3.13. The van der Waals surface area contributed by atoms with Crippen molar-refractivity contribution in [1.29, 1.82) is 0 Å². The van der Waals surface area contributed by atoms with Gasteiger partial charge in [0.15, 0.2) is 0 Å². The molecule has 1 atom stereocenters. The maximum atomic E-state index is 11.9. The van der Waals surface area contributed by atoms with Crippen molar-refractivity contribution in [1.82, 2.24) is 4.72 Å². The number of carbonyl (C=O) groups excluding carboxylic acids is 6. The molecule has 0 heterocycles. The highest BCUT2D eigenvalue weighted by molar-refractivity contribution is 7.90. The monoisotopic (exact) mass is 786 g/mol. The first-order valence-electron chi connectivity index (χ1n) is 17.5. The lowest BCUT2D eigenvalue weighted by Gasteiger charge is -2.20. The Bertz CT molecular complexity index is 1500. The first-order valence-corrected chi connectivity index (χ1v) is 19.0. The highest BCUT2D eigenvalue weighted by atomic mass is 32.2. The molecule has 0 aliphatic carbocycles. The molecule has 0 fully saturated rings. The Morgan fingerprint density at radius 3 is 1.65 bits per heavy atom. The van der Waals surface area contributed by atoms with Crippen LogP contribution in [0.2, 0.25) is 0 Å². The Labute approximate surface area is 318 Å². The molecule has 0 radical (unpaired) electrons. The average molecular weight is 787 g/mol. The Hall–Kier alpha value is -4.80. The number of rotatable bonds is 20. The summed E-state index contributed by atoms with van der Waals surface area (Å²) in [5.74, 6) is -3.59. The van der Waals surface area contributed by atoms with Crippen molar-refractivity contribution in [2.24, 2.45) is 16.7 Å². The number of aliphatic carboxylic acids is 1. The van der Waals surface area contributed by atoms with E-state index in [0.29, 0.717) is 18.5 Å². The number of carboxylic acid groups (broad SMARTS) is 1. The third-order valence-electron chi connectivity index (χ3n) is 7.78. The van der Waals surface area contributed by atoms with Crippen molar-refractivity contribution >= 4 is 57.4 Å². The highest BCUT2D eigenvalue weighted by Crippen LogP contribution is 2.22. The van der Waals surface area contributed by atoms with E-state index in [9.17, 15) is 42.0 Å². The number of hydrogen-bond donors (Lipinski definition) is 3. The van der Waals surface area contributed by atoms with Gasteiger partial charge in [0, 0.05) is 24.1 Å². The summed E-state index contributed by atoms with van der Waals surface area (Å²) in [6.07, 6.45) is 2.80. The molecule has 0 aromatic heterocycles. The summed E-state index contributed by atoms with van der Waals surface area (Å²) in [6.45, 7) is 19.6. The van der Waals surface area contributed by atoms with Gasteiger partial charge in [-0.15, -0.1) is 0 Å². The number of ether oxygens (including phenoxy) is 4. The first kappa shape index (κ1) is 51.3. The predicted octanol–water partition coefficient (Wildman–Crippen LogP) is 4.95. The second-order valence-corrected chi connectivity index (χ2v) is 14.6. The number of carboxylic acids is 1. The number of benzene rings is 1. The second kappa shape index (κ2) is 26.1. The lowest BCUT2D eigenvalue weighted by atomic mass is 9.91. The zero-order chi connectivity index (χ0) is 42.1. The molecule has 2 amide bonds. The molecule has 1 unspecified atom stereocenters. The minimum atomic E-state index is -3.85. The van der Waals surface area contributed by atoms with E-state index >= 15 is 0 Å². The number of nitrogens with one attached hydrogen (secondary N) is 2. The van der Waals surface area contributed by atoms with Gasteiger partial charge in [0.25, 0.3) is 10.0 Å². The third kappa shape index (κ3) is 22.3. The van der Waals surface area contributed by atoms with Crippen LogP contribution in [0.15, 0.2) is 41.8 Å². The van der Waals surface area contributed by atoms with Crippen molar-refractivity contribution in [3.8, 4) is 0 Å². The summed E-state index contributed by atoms with van der Waals surface area (Å²) < 4.78 is 44.9. The Morgan fingerprint density at radius 2 is 1.24 bits per heavy atom. The molecule has 17 heteroatoms. The number of esters is 4. The summed E-state index contributed by atoms with van der Waals surface area (Å²) in [5, 5.41) is 11.0. The van der Waals surface area contributed by atoms with Gasteiger partial charge in [-0.05, 0) is 71.2 Å². The van der Waals surface area contributed by atoms with Gasteiger partial charge in [-0.3, -0.25) is 28.8 Å². The summed E-state index contributed by atoms with van der Waals surface area (Å²) in [6, 6.07) is 5.67. The van der Waals surface area contributed by atoms with E-state index in [1.807, 2.05) is 46.3 Å². The van der Waals surface area contributed by atoms with E-state index < -0.39 is 44.7 Å². The lowest BCUT2D eigenvalue weighted by Crippen LogP contribution is -2.29. The van der Waals surface area contributed by atoms with Gasteiger partial charge < -0.3 is 29.4 Å². The predicted molar refractivity (Wildman–Crippen MR) is 199 cm³/mol. The van der Waals surface area contributed by atoms with Gasteiger partial charge in [-0.1, -0.05) is 41.2 Å². The molecular formula is C37H58N2O14S. The van der Waals surface area contributed by atoms with Crippen molar-refractivity contribution < 1.29 is 66.0 Å². The van der Waals surface area contributed by atoms with Gasteiger partial charge in [0.05, 0.1) is 28.6 Å². The lowest BCUT2D eigenvalue weighted by molar-refractivity contribution is -0.159. The van der Waals surface area contributed by atoms with Crippen LogP contribution in [0.3, 0.4) is 0 Å². The topological polar surface area (TPSA) is 235 Å². The van der Waals surface area contributed by atoms with E-state index in [1.165, 1.54) is 24.3 Å². The van der Waals surface area contributed by atoms with Crippen LogP contribution < -0.4 is 10.0 Å². The zero-order valence-corrected chi connectivity index (χ0v) is 33.7. The zero-order valence-electron chi connectivity index (χ0n) is 32.9. The summed E-state index contributed by atoms with van der Waals surface area (Å²) >= 11 is 0. The molecule has 54 heavy (non-hydrogen) atoms. The molecule has 0 saturated heterocycles. The molecule has 1 rings (SSSR count). The van der Waals surface area contributed by atoms with E-state index in [1.54, 1.807) is 20.8 Å². The number of amides is 2. The largest absolute Gasteiger partial charge is 0.481 e. The van der Waals surface area contributed by atoms with E-state index in [0.717, 1.165) is 12.5 Å². The molecule has 0 aliphatic heterocycles. The maximum absolute atomic E-state index is 11.9. The fourth-order valence-corrected chi connectivity index (χ4v) is 4.09. The van der Waals surface area contributed by atoms with Crippen LogP contribution >= 0.6 is 0 Å². The fraction of sp³-hybridized carbons (Fsp3) is 0.595. The second-order valence-electron chi connectivity index (χ2n) is 12.9. The minimum Gasteiger partial charge on any atom is -0.481 e. The van der Waals surface area contributed by atoms with Crippen molar-refractivity contribution in [2.75, 3.05) is 31.7 Å². The number of sulfonamides is 1. The van der Waals surface area contributed by atoms with E-state index in [4.69, 9.17) is 19.3 Å². The summed E-state index contributed by atoms with van der Waals surface area (Å²) in [4.78, 5) is 77.7. The molecule has 1 aromatic rings. The van der Waals surface area contributed by atoms with Gasteiger partial charge in [0.1, 0.15) is 26.4 Å². The molecule has 0 aliphatic rings. The van der Waals surface area contributed by atoms with Crippen LogP contribution in [0.5, 0.6) is 0 Å². The van der Waals surface area contributed by atoms with Crippen LogP contribution in [0, 0.1) is 16.7 Å². The first-order chi connectivity index (χ1) is 25.0. The quantitative estimate of drug-likeness (QED) is 0.0687. The minimum absolute atomic E-state index is 0.0128. The van der Waals surface area contributed by atoms with Gasteiger partial charge >= 0.3 is 29.8 Å². The molecule has 16 nitrogen and oxygen atoms in total. The number of anilines is 1. The highest BCUT2D eigenvalue weighted by Gasteiger charge is 2.27. The van der Waals surface area contributed by atoms with Crippen molar-refractivity contribution in [3.63, 3.8) is 0 Å². The summed E-state index contributed by atoms with van der Waals surface area (Å²) in [5.41, 5.74) is -0.517. The SMILES string of the molecule is C=CC(=O)OCCOC(=O)C(C)(C)CC.CCC(=O)NS(=O)(=O)c1ccc(NC(=O)C(C)CC)cc1.CCC(C)(C)C(=O)OCCOC(=O)CCC(=O)O. The normalized spacial score (nSPS) is 11.4. The summed E-state index contributed by atoms with van der Waals surface area (Å²) in [7, 11) is -3.85. The molecule has 0 saturated carbocycles. The maximum Gasteiger partial charge on any atom is 0.330 e. The number of hydrogen-bond acceptors (Lipinski definition) is 13. The molecular weight excluding hydrogens is 728 g/mol. The van der Waals surface area contributed by atoms with Crippen molar-refractivity contribution in [3.05, 3.63) is 36.9 Å². The molecule has 0 bridgehead atoms. The Morgan fingerprint density at radius 1 is 0.778 bits per heavy atom. The fourth-order valence-electron chi connectivity index (χ4n) is 3.04. The van der Waals surface area contributed by atoms with Crippen LogP contribution in [-0.2, 0) is 62.5 Å². The van der Waals surface area contributed by atoms with E-state index in [-0.39, 0.29) is 74.3 Å². The standard InChI is InChI=1S/C14H20N2O4S.C12H20O6.C11H18O4/c1-4-10(3)14(18)15-11-6-8-12(9-7-11)21(19,20)16-13(17)5-2;1-4-12(2,3)11(16)18-8-7-17-10(15)6-5-9(13)14;1-5-9(12)14-7-8-15-10(13)11(3,4)6-2/h6-10H,4-5H2,1-3H3,(H,15,18)(H,16,17);4-8H2,1-3H3,(H,13,14);5H,1,6-8H2,2-4H3. The van der Waals surface area contributed by atoms with Crippen LogP contribution in [0.25, 0.3) is 0 Å². The molecule has 1 aromatic carbocycles. The van der Waals surface area contributed by atoms with Gasteiger partial charge in [-0.2, -0.15) is 0 Å². The van der Waals surface area contributed by atoms with Gasteiger partial charge in [0.2, 0.25) is 11.8 Å². The van der Waals surface area contributed by atoms with Gasteiger partial charge in [-0.25, -0.2) is 17.9 Å². The molecule has 0 spiro atoms. The van der Waals surface area contributed by atoms with Crippen LogP contribution in [0.1, 0.15) is 101 Å². The molecule has 3 N–H and O–H groups in total. The Kier molecular flexibility index (Phi) is 24.8. The van der Waals surface area contributed by atoms with E-state index in [2.05, 4.69) is 16.6 Å². The number of carbonyl (C=O) groups is 7. The molecule has 306 valence electrons. The smallest absolute Gasteiger partial charge is 0.330 e. The van der Waals surface area contributed by atoms with Crippen LogP contribution in [-0.4, -0.2) is 81.6 Å². The van der Waals surface area contributed by atoms with Crippen molar-refractivity contribution in [2.45, 2.75) is 106 Å². The Balaban J connectivity index is 0. The third-order valence-corrected chi connectivity index (χ3v) is 9.17. The van der Waals surface area contributed by atoms with Crippen LogP contribution in [0.4, 0.5) is 5.69 Å².